The molecular weight excluding hydrogens is 440 g/mol. The molecule has 1 heteroatoms. The normalized spacial score (nSPS) is 12.2. The van der Waals surface area contributed by atoms with Gasteiger partial charge in [-0.05, 0) is 79.5 Å². The van der Waals surface area contributed by atoms with Crippen LogP contribution in [0.15, 0.2) is 127 Å². The van der Waals surface area contributed by atoms with E-state index in [0.29, 0.717) is 0 Å². The minimum absolute atomic E-state index is 0.162. The van der Waals surface area contributed by atoms with E-state index in [0.717, 1.165) is 0 Å². The lowest BCUT2D eigenvalue weighted by Gasteiger charge is -2.19. The molecule has 6 aromatic rings. The van der Waals surface area contributed by atoms with Gasteiger partial charge in [-0.25, -0.2) is 0 Å². The topological polar surface area (TPSA) is 0 Å². The molecule has 6 rings (SSSR count). The van der Waals surface area contributed by atoms with Crippen molar-refractivity contribution in [1.82, 2.24) is 0 Å². The van der Waals surface area contributed by atoms with Crippen LogP contribution in [-0.2, 0) is 0 Å². The van der Waals surface area contributed by atoms with E-state index in [2.05, 4.69) is 134 Å². The molecule has 35 heavy (non-hydrogen) atoms. The zero-order chi connectivity index (χ0) is 23.8. The van der Waals surface area contributed by atoms with Gasteiger partial charge in [-0.3, -0.25) is 0 Å². The van der Waals surface area contributed by atoms with Gasteiger partial charge in [0.2, 0.25) is 0 Å². The standard InChI is InChI=1S/C34H26S/c1-23(35)26-19-20-31-32(22-26)34(28-16-10-15-27(21-28)24-11-4-2-5-12-24)30-18-9-8-17-29(30)33(31)25-13-6-3-7-14-25/h2-23,35H,1H3. The van der Waals surface area contributed by atoms with Crippen LogP contribution < -0.4 is 0 Å². The maximum absolute atomic E-state index is 4.77. The third-order valence-corrected chi connectivity index (χ3v) is 7.15. The van der Waals surface area contributed by atoms with Crippen LogP contribution in [0.4, 0.5) is 0 Å². The summed E-state index contributed by atoms with van der Waals surface area (Å²) in [5, 5.41) is 5.25. The first kappa shape index (κ1) is 21.7. The Balaban J connectivity index is 1.74. The molecular formula is C34H26S. The van der Waals surface area contributed by atoms with Crippen molar-refractivity contribution < 1.29 is 0 Å². The minimum atomic E-state index is 0.162. The Morgan fingerprint density at radius 1 is 0.429 bits per heavy atom. The zero-order valence-corrected chi connectivity index (χ0v) is 20.5. The van der Waals surface area contributed by atoms with Crippen molar-refractivity contribution in [2.24, 2.45) is 0 Å². The van der Waals surface area contributed by atoms with E-state index in [1.54, 1.807) is 0 Å². The van der Waals surface area contributed by atoms with E-state index in [1.165, 1.54) is 60.5 Å². The van der Waals surface area contributed by atoms with Gasteiger partial charge in [-0.2, -0.15) is 12.6 Å². The molecule has 0 aromatic heterocycles. The van der Waals surface area contributed by atoms with Gasteiger partial charge in [0.1, 0.15) is 0 Å². The average Bonchev–Trinajstić information content (AvgIpc) is 2.92. The lowest BCUT2D eigenvalue weighted by atomic mass is 9.84. The van der Waals surface area contributed by atoms with Crippen LogP contribution in [0.2, 0.25) is 0 Å². The van der Waals surface area contributed by atoms with Crippen molar-refractivity contribution in [2.75, 3.05) is 0 Å². The molecule has 0 saturated heterocycles. The van der Waals surface area contributed by atoms with Crippen molar-refractivity contribution in [3.05, 3.63) is 133 Å². The van der Waals surface area contributed by atoms with E-state index in [1.807, 2.05) is 0 Å². The van der Waals surface area contributed by atoms with Gasteiger partial charge in [0.05, 0.1) is 0 Å². The van der Waals surface area contributed by atoms with Gasteiger partial charge < -0.3 is 0 Å². The monoisotopic (exact) mass is 466 g/mol. The fraction of sp³-hybridized carbons (Fsp3) is 0.0588. The summed E-state index contributed by atoms with van der Waals surface area (Å²) in [6, 6.07) is 46.0. The van der Waals surface area contributed by atoms with Crippen LogP contribution in [0.1, 0.15) is 17.7 Å². The molecule has 6 aromatic carbocycles. The summed E-state index contributed by atoms with van der Waals surface area (Å²) in [5.74, 6) is 0. The molecule has 0 aliphatic rings. The highest BCUT2D eigenvalue weighted by Gasteiger charge is 2.18. The Morgan fingerprint density at radius 3 is 1.60 bits per heavy atom. The highest BCUT2D eigenvalue weighted by atomic mass is 32.1. The molecule has 0 bridgehead atoms. The van der Waals surface area contributed by atoms with E-state index in [-0.39, 0.29) is 5.25 Å². The van der Waals surface area contributed by atoms with Crippen molar-refractivity contribution in [3.8, 4) is 33.4 Å². The molecule has 1 atom stereocenters. The first-order valence-electron chi connectivity index (χ1n) is 12.1. The van der Waals surface area contributed by atoms with Crippen molar-refractivity contribution in [3.63, 3.8) is 0 Å². The van der Waals surface area contributed by atoms with E-state index in [4.69, 9.17) is 12.6 Å². The highest BCUT2D eigenvalue weighted by Crippen LogP contribution is 2.45. The molecule has 0 fully saturated rings. The molecule has 0 aliphatic heterocycles. The molecule has 0 saturated carbocycles. The van der Waals surface area contributed by atoms with Gasteiger partial charge in [0, 0.05) is 5.25 Å². The molecule has 0 spiro atoms. The minimum Gasteiger partial charge on any atom is -0.171 e. The predicted molar refractivity (Wildman–Crippen MR) is 155 cm³/mol. The number of hydrogen-bond acceptors (Lipinski definition) is 1. The maximum atomic E-state index is 4.77. The fourth-order valence-corrected chi connectivity index (χ4v) is 5.33. The summed E-state index contributed by atoms with van der Waals surface area (Å²) in [4.78, 5) is 0. The first-order chi connectivity index (χ1) is 17.2. The third kappa shape index (κ3) is 3.92. The van der Waals surface area contributed by atoms with Crippen LogP contribution in [-0.4, -0.2) is 0 Å². The lowest BCUT2D eigenvalue weighted by molar-refractivity contribution is 1.12. The van der Waals surface area contributed by atoms with Crippen LogP contribution in [0, 0.1) is 0 Å². The van der Waals surface area contributed by atoms with Crippen LogP contribution in [0.5, 0.6) is 0 Å². The van der Waals surface area contributed by atoms with Crippen molar-refractivity contribution in [2.45, 2.75) is 12.2 Å². The quantitative estimate of drug-likeness (QED) is 0.194. The summed E-state index contributed by atoms with van der Waals surface area (Å²) >= 11 is 4.77. The number of fused-ring (bicyclic) bond motifs is 2. The van der Waals surface area contributed by atoms with Gasteiger partial charge in [0.25, 0.3) is 0 Å². The number of thiol groups is 1. The van der Waals surface area contributed by atoms with E-state index in [9.17, 15) is 0 Å². The molecule has 1 unspecified atom stereocenters. The van der Waals surface area contributed by atoms with Crippen molar-refractivity contribution >= 4 is 34.2 Å². The molecule has 168 valence electrons. The fourth-order valence-electron chi connectivity index (χ4n) is 5.17. The first-order valence-corrected chi connectivity index (χ1v) is 12.6. The molecule has 0 amide bonds. The highest BCUT2D eigenvalue weighted by molar-refractivity contribution is 7.80. The van der Waals surface area contributed by atoms with Crippen LogP contribution >= 0.6 is 12.6 Å². The largest absolute Gasteiger partial charge is 0.171 e. The second-order valence-electron chi connectivity index (χ2n) is 9.09. The summed E-state index contributed by atoms with van der Waals surface area (Å²) in [7, 11) is 0. The zero-order valence-electron chi connectivity index (χ0n) is 19.6. The van der Waals surface area contributed by atoms with Gasteiger partial charge in [-0.15, -0.1) is 0 Å². The number of benzene rings is 6. The Kier molecular flexibility index (Phi) is 5.64. The Morgan fingerprint density at radius 2 is 0.943 bits per heavy atom. The second-order valence-corrected chi connectivity index (χ2v) is 9.86. The number of hydrogen-bond donors (Lipinski definition) is 1. The second kappa shape index (κ2) is 9.09. The molecule has 0 N–H and O–H groups in total. The number of rotatable bonds is 4. The smallest absolute Gasteiger partial charge is 0.0239 e. The van der Waals surface area contributed by atoms with Crippen LogP contribution in [0.3, 0.4) is 0 Å². The molecule has 0 heterocycles. The van der Waals surface area contributed by atoms with Crippen LogP contribution in [0.25, 0.3) is 54.9 Å². The predicted octanol–water partition coefficient (Wildman–Crippen LogP) is 9.98. The lowest BCUT2D eigenvalue weighted by Crippen LogP contribution is -1.93. The van der Waals surface area contributed by atoms with Gasteiger partial charge >= 0.3 is 0 Å². The van der Waals surface area contributed by atoms with Gasteiger partial charge in [-0.1, -0.05) is 115 Å². The summed E-state index contributed by atoms with van der Waals surface area (Å²) in [5.41, 5.74) is 8.73. The maximum Gasteiger partial charge on any atom is 0.0239 e. The summed E-state index contributed by atoms with van der Waals surface area (Å²) in [6.07, 6.45) is 0. The SMILES string of the molecule is CC(S)c1ccc2c(-c3ccccc3)c3ccccc3c(-c3cccc(-c4ccccc4)c3)c2c1. The van der Waals surface area contributed by atoms with Gasteiger partial charge in [0.15, 0.2) is 0 Å². The van der Waals surface area contributed by atoms with E-state index >= 15 is 0 Å². The summed E-state index contributed by atoms with van der Waals surface area (Å²) in [6.45, 7) is 2.14. The molecule has 0 nitrogen and oxygen atoms in total. The Bertz CT molecular complexity index is 1650. The molecule has 0 radical (unpaired) electrons. The Hall–Kier alpha value is -3.81. The van der Waals surface area contributed by atoms with E-state index < -0.39 is 0 Å². The summed E-state index contributed by atoms with van der Waals surface area (Å²) < 4.78 is 0. The Labute approximate surface area is 212 Å². The van der Waals surface area contributed by atoms with Crippen molar-refractivity contribution in [1.29, 1.82) is 0 Å². The molecule has 0 aliphatic carbocycles. The third-order valence-electron chi connectivity index (χ3n) is 6.85. The average molecular weight is 467 g/mol.